The van der Waals surface area contributed by atoms with Gasteiger partial charge in [-0.1, -0.05) is 56.2 Å². The smallest absolute Gasteiger partial charge is 0.340 e. The average Bonchev–Trinajstić information content (AvgIpc) is 2.77. The van der Waals surface area contributed by atoms with Crippen LogP contribution in [0.3, 0.4) is 0 Å². The van der Waals surface area contributed by atoms with Crippen molar-refractivity contribution < 1.29 is 14.3 Å². The third-order valence-electron chi connectivity index (χ3n) is 4.78. The molecule has 0 aliphatic carbocycles. The molecule has 1 heterocycles. The summed E-state index contributed by atoms with van der Waals surface area (Å²) in [7, 11) is 0. The molecule has 0 atom stereocenters. The fourth-order valence-electron chi connectivity index (χ4n) is 3.20. The van der Waals surface area contributed by atoms with E-state index >= 15 is 0 Å². The number of nitrogens with zero attached hydrogens (tertiary/aromatic N) is 1. The Bertz CT molecular complexity index is 1080. The third kappa shape index (κ3) is 5.55. The van der Waals surface area contributed by atoms with Crippen molar-refractivity contribution in [3.8, 4) is 0 Å². The molecule has 0 unspecified atom stereocenters. The summed E-state index contributed by atoms with van der Waals surface area (Å²) >= 11 is 1.46. The summed E-state index contributed by atoms with van der Waals surface area (Å²) in [6, 6.07) is 14.9. The maximum atomic E-state index is 13.0. The Hall–Kier alpha value is -3.06. The van der Waals surface area contributed by atoms with Crippen LogP contribution in [0.2, 0.25) is 0 Å². The quantitative estimate of drug-likeness (QED) is 0.260. The van der Waals surface area contributed by atoms with Gasteiger partial charge in [0.1, 0.15) is 10.8 Å². The number of hydrogen-bond acceptors (Lipinski definition) is 6. The molecule has 3 rings (SSSR count). The van der Waals surface area contributed by atoms with Crippen LogP contribution in [0.25, 0.3) is 10.8 Å². The minimum absolute atomic E-state index is 0.0868. The second-order valence-corrected chi connectivity index (χ2v) is 8.11. The minimum Gasteiger partial charge on any atom is -0.462 e. The van der Waals surface area contributed by atoms with Crippen molar-refractivity contribution in [3.63, 3.8) is 0 Å². The van der Waals surface area contributed by atoms with Gasteiger partial charge in [0.2, 0.25) is 0 Å². The van der Waals surface area contributed by atoms with E-state index in [-0.39, 0.29) is 23.6 Å². The molecule has 31 heavy (non-hydrogen) atoms. The van der Waals surface area contributed by atoms with Crippen molar-refractivity contribution in [1.82, 2.24) is 4.98 Å². The molecule has 162 valence electrons. The summed E-state index contributed by atoms with van der Waals surface area (Å²) in [6.07, 6.45) is 3.21. The molecule has 1 aromatic heterocycles. The van der Waals surface area contributed by atoms with Crippen LogP contribution >= 0.6 is 11.8 Å². The van der Waals surface area contributed by atoms with Gasteiger partial charge in [-0.3, -0.25) is 4.79 Å². The third-order valence-corrected chi connectivity index (χ3v) is 5.86. The number of rotatable bonds is 9. The van der Waals surface area contributed by atoms with Gasteiger partial charge >= 0.3 is 5.97 Å². The van der Waals surface area contributed by atoms with Gasteiger partial charge in [-0.15, -0.1) is 11.8 Å². The number of benzene rings is 2. The number of nitrogens with one attached hydrogen (secondary N) is 1. The summed E-state index contributed by atoms with van der Waals surface area (Å²) in [4.78, 5) is 29.9. The monoisotopic (exact) mass is 437 g/mol. The van der Waals surface area contributed by atoms with E-state index in [1.54, 1.807) is 6.92 Å². The first kappa shape index (κ1) is 22.6. The average molecular weight is 438 g/mol. The highest BCUT2D eigenvalue weighted by atomic mass is 32.2. The highest BCUT2D eigenvalue weighted by Gasteiger charge is 2.21. The maximum Gasteiger partial charge on any atom is 0.340 e. The van der Waals surface area contributed by atoms with Crippen molar-refractivity contribution in [2.45, 2.75) is 38.1 Å². The highest BCUT2D eigenvalue weighted by Crippen LogP contribution is 2.28. The number of carbonyl (C=O) groups is 2. The number of unbranched alkanes of at least 4 members (excludes halogenated alkanes) is 2. The Balaban J connectivity index is 1.91. The topological polar surface area (TPSA) is 94.3 Å². The zero-order valence-corrected chi connectivity index (χ0v) is 18.6. The van der Waals surface area contributed by atoms with E-state index < -0.39 is 11.9 Å². The molecule has 0 saturated carbocycles. The van der Waals surface area contributed by atoms with E-state index in [9.17, 15) is 9.59 Å². The molecular formula is C24H27N3O3S. The molecule has 0 bridgehead atoms. The van der Waals surface area contributed by atoms with Gasteiger partial charge in [-0.05, 0) is 36.6 Å². The number of amides is 1. The van der Waals surface area contributed by atoms with Crippen molar-refractivity contribution in [2.24, 2.45) is 0 Å². The molecule has 0 fully saturated rings. The molecule has 6 nitrogen and oxygen atoms in total. The number of anilines is 2. The van der Waals surface area contributed by atoms with Crippen LogP contribution in [-0.4, -0.2) is 29.2 Å². The molecule has 0 radical (unpaired) electrons. The van der Waals surface area contributed by atoms with Crippen LogP contribution in [0.5, 0.6) is 0 Å². The first-order valence-electron chi connectivity index (χ1n) is 10.4. The van der Waals surface area contributed by atoms with E-state index in [0.717, 1.165) is 35.8 Å². The second kappa shape index (κ2) is 10.8. The van der Waals surface area contributed by atoms with E-state index in [4.69, 9.17) is 10.5 Å². The number of pyridine rings is 1. The van der Waals surface area contributed by atoms with Crippen molar-refractivity contribution in [3.05, 3.63) is 59.7 Å². The van der Waals surface area contributed by atoms with Crippen molar-refractivity contribution >= 4 is 45.9 Å². The predicted octanol–water partition coefficient (Wildman–Crippen LogP) is 5.53. The summed E-state index contributed by atoms with van der Waals surface area (Å²) in [5, 5.41) is 5.32. The van der Waals surface area contributed by atoms with E-state index in [1.807, 2.05) is 42.5 Å². The lowest BCUT2D eigenvalue weighted by Crippen LogP contribution is -2.18. The molecule has 0 aliphatic heterocycles. The molecule has 2 aromatic carbocycles. The zero-order chi connectivity index (χ0) is 22.2. The number of fused-ring (bicyclic) bond motifs is 1. The second-order valence-electron chi connectivity index (χ2n) is 7.03. The number of carbonyl (C=O) groups excluding carboxylic acids is 2. The minimum atomic E-state index is -0.507. The Morgan fingerprint density at radius 3 is 2.61 bits per heavy atom. The molecule has 3 aromatic rings. The van der Waals surface area contributed by atoms with Crippen LogP contribution in [0.1, 0.15) is 53.8 Å². The highest BCUT2D eigenvalue weighted by molar-refractivity contribution is 7.99. The lowest BCUT2D eigenvalue weighted by atomic mass is 10.1. The maximum absolute atomic E-state index is 13.0. The van der Waals surface area contributed by atoms with Crippen molar-refractivity contribution in [1.29, 1.82) is 0 Å². The number of thioether (sulfide) groups is 1. The first-order chi connectivity index (χ1) is 15.0. The van der Waals surface area contributed by atoms with E-state index in [0.29, 0.717) is 10.7 Å². The Kier molecular flexibility index (Phi) is 7.89. The van der Waals surface area contributed by atoms with Gasteiger partial charge in [-0.2, -0.15) is 0 Å². The first-order valence-corrected chi connectivity index (χ1v) is 11.4. The van der Waals surface area contributed by atoms with Gasteiger partial charge in [0.15, 0.2) is 0 Å². The van der Waals surface area contributed by atoms with Gasteiger partial charge < -0.3 is 15.8 Å². The van der Waals surface area contributed by atoms with Gasteiger partial charge in [-0.25, -0.2) is 9.78 Å². The number of esters is 1. The lowest BCUT2D eigenvalue weighted by molar-refractivity contribution is 0.0521. The number of nitrogens with two attached hydrogens (primary N) is 1. The fourth-order valence-corrected chi connectivity index (χ4v) is 4.20. The summed E-state index contributed by atoms with van der Waals surface area (Å²) < 4.78 is 5.18. The van der Waals surface area contributed by atoms with Crippen LogP contribution in [0.4, 0.5) is 11.5 Å². The number of aromatic nitrogens is 1. The lowest BCUT2D eigenvalue weighted by Gasteiger charge is -2.13. The normalized spacial score (nSPS) is 10.8. The van der Waals surface area contributed by atoms with E-state index in [2.05, 4.69) is 17.2 Å². The van der Waals surface area contributed by atoms with Crippen LogP contribution in [-0.2, 0) is 4.74 Å². The molecule has 7 heteroatoms. The Morgan fingerprint density at radius 2 is 1.84 bits per heavy atom. The Morgan fingerprint density at radius 1 is 1.06 bits per heavy atom. The SMILES string of the molecule is CCCCCSc1nc(N)c(C(=O)Nc2cccc3ccccc23)cc1C(=O)OCC. The van der Waals surface area contributed by atoms with Crippen LogP contribution in [0, 0.1) is 0 Å². The molecule has 0 spiro atoms. The van der Waals surface area contributed by atoms with Crippen LogP contribution in [0.15, 0.2) is 53.6 Å². The molecule has 3 N–H and O–H groups in total. The number of ether oxygens (including phenoxy) is 1. The molecule has 0 saturated heterocycles. The van der Waals surface area contributed by atoms with Crippen LogP contribution < -0.4 is 11.1 Å². The number of hydrogen-bond donors (Lipinski definition) is 2. The van der Waals surface area contributed by atoms with Gasteiger partial charge in [0, 0.05) is 11.1 Å². The summed E-state index contributed by atoms with van der Waals surface area (Å²) in [6.45, 7) is 4.11. The standard InChI is InChI=1S/C24H27N3O3S/c1-3-5-8-14-31-23-19(24(29)30-4-2)15-18(21(25)27-23)22(28)26-20-13-9-11-16-10-6-7-12-17(16)20/h6-7,9-13,15H,3-5,8,14H2,1-2H3,(H2,25,27)(H,26,28). The van der Waals surface area contributed by atoms with Gasteiger partial charge in [0.05, 0.1) is 17.7 Å². The summed E-state index contributed by atoms with van der Waals surface area (Å²) in [5.41, 5.74) is 7.20. The molecule has 0 aliphatic rings. The molecular weight excluding hydrogens is 410 g/mol. The fraction of sp³-hybridized carbons (Fsp3) is 0.292. The largest absolute Gasteiger partial charge is 0.462 e. The Labute approximate surface area is 186 Å². The van der Waals surface area contributed by atoms with Gasteiger partial charge in [0.25, 0.3) is 5.91 Å². The number of nitrogen functional groups attached to an aromatic ring is 1. The van der Waals surface area contributed by atoms with E-state index in [1.165, 1.54) is 17.8 Å². The predicted molar refractivity (Wildman–Crippen MR) is 127 cm³/mol. The molecule has 1 amide bonds. The summed E-state index contributed by atoms with van der Waals surface area (Å²) in [5.74, 6) is -0.0285. The zero-order valence-electron chi connectivity index (χ0n) is 17.8. The van der Waals surface area contributed by atoms with Crippen molar-refractivity contribution in [2.75, 3.05) is 23.4 Å².